The Labute approximate surface area is 171 Å². The standard InChI is InChI=1S/C21H23F2N5O2/c1-12-10-21(11-30-12)6-8-28(9-7-21)20-24-18-15(19(29)27(20)2)17(25-26-18)13-4-3-5-14(22)16(13)23/h3-5,12H,6-11H2,1-2H3,(H,25,26)/t12-/m0/s1. The number of aromatic amines is 1. The van der Waals surface area contributed by atoms with E-state index in [-0.39, 0.29) is 33.3 Å². The minimum absolute atomic E-state index is 0.0661. The van der Waals surface area contributed by atoms with Crippen molar-refractivity contribution >= 4 is 17.0 Å². The average Bonchev–Trinajstić information content (AvgIpc) is 3.31. The molecule has 0 unspecified atom stereocenters. The molecule has 9 heteroatoms. The first kappa shape index (κ1) is 19.2. The van der Waals surface area contributed by atoms with Crippen LogP contribution < -0.4 is 10.5 Å². The fourth-order valence-electron chi connectivity index (χ4n) is 4.79. The molecule has 5 rings (SSSR count). The maximum absolute atomic E-state index is 14.3. The lowest BCUT2D eigenvalue weighted by molar-refractivity contribution is 0.0974. The molecule has 2 aromatic heterocycles. The van der Waals surface area contributed by atoms with Crippen LogP contribution in [0.5, 0.6) is 0 Å². The number of benzene rings is 1. The molecule has 1 aromatic carbocycles. The van der Waals surface area contributed by atoms with E-state index in [9.17, 15) is 13.6 Å². The van der Waals surface area contributed by atoms with E-state index in [2.05, 4.69) is 27.0 Å². The van der Waals surface area contributed by atoms with Crippen molar-refractivity contribution in [2.75, 3.05) is 24.6 Å². The predicted molar refractivity (Wildman–Crippen MR) is 108 cm³/mol. The molecule has 2 saturated heterocycles. The molecule has 1 atom stereocenters. The molecule has 0 radical (unpaired) electrons. The van der Waals surface area contributed by atoms with Crippen LogP contribution in [-0.2, 0) is 11.8 Å². The molecular weight excluding hydrogens is 392 g/mol. The smallest absolute Gasteiger partial charge is 0.266 e. The van der Waals surface area contributed by atoms with Gasteiger partial charge in [-0.05, 0) is 43.7 Å². The highest BCUT2D eigenvalue weighted by atomic mass is 19.2. The SMILES string of the molecule is C[C@H]1CC2(CCN(c3nc4[nH]nc(-c5cccc(F)c5F)c4c(=O)n3C)CC2)CO1. The molecule has 1 N–H and O–H groups in total. The Bertz CT molecular complexity index is 1180. The van der Waals surface area contributed by atoms with E-state index in [4.69, 9.17) is 4.74 Å². The first-order chi connectivity index (χ1) is 14.4. The summed E-state index contributed by atoms with van der Waals surface area (Å²) in [6.45, 7) is 4.46. The zero-order chi connectivity index (χ0) is 21.0. The van der Waals surface area contributed by atoms with Gasteiger partial charge < -0.3 is 9.64 Å². The number of H-pyrrole nitrogens is 1. The van der Waals surface area contributed by atoms with E-state index >= 15 is 0 Å². The number of ether oxygens (including phenoxy) is 1. The Morgan fingerprint density at radius 3 is 2.73 bits per heavy atom. The number of aromatic nitrogens is 4. The number of hydrogen-bond acceptors (Lipinski definition) is 5. The maximum Gasteiger partial charge on any atom is 0.266 e. The number of nitrogens with one attached hydrogen (secondary N) is 1. The number of piperidine rings is 1. The molecule has 4 heterocycles. The molecule has 0 saturated carbocycles. The van der Waals surface area contributed by atoms with Crippen molar-refractivity contribution in [3.8, 4) is 11.3 Å². The van der Waals surface area contributed by atoms with Crippen molar-refractivity contribution in [2.24, 2.45) is 12.5 Å². The van der Waals surface area contributed by atoms with E-state index in [1.807, 2.05) is 0 Å². The summed E-state index contributed by atoms with van der Waals surface area (Å²) in [5.74, 6) is -1.48. The number of anilines is 1. The van der Waals surface area contributed by atoms with Gasteiger partial charge in [-0.25, -0.2) is 8.78 Å². The normalized spacial score (nSPS) is 21.1. The third-order valence-corrected chi connectivity index (χ3v) is 6.49. The highest BCUT2D eigenvalue weighted by Gasteiger charge is 2.41. The van der Waals surface area contributed by atoms with Crippen LogP contribution >= 0.6 is 0 Å². The number of hydrogen-bond donors (Lipinski definition) is 1. The van der Waals surface area contributed by atoms with Gasteiger partial charge in [0.15, 0.2) is 17.3 Å². The van der Waals surface area contributed by atoms with Crippen LogP contribution in [0.3, 0.4) is 0 Å². The summed E-state index contributed by atoms with van der Waals surface area (Å²) in [6, 6.07) is 3.81. The van der Waals surface area contributed by atoms with Gasteiger partial charge in [0.05, 0.1) is 12.7 Å². The van der Waals surface area contributed by atoms with Gasteiger partial charge in [0.2, 0.25) is 5.95 Å². The second-order valence-corrected chi connectivity index (χ2v) is 8.49. The molecule has 0 bridgehead atoms. The fraction of sp³-hybridized carbons (Fsp3) is 0.476. The van der Waals surface area contributed by atoms with Gasteiger partial charge >= 0.3 is 0 Å². The van der Waals surface area contributed by atoms with Gasteiger partial charge in [-0.2, -0.15) is 10.1 Å². The summed E-state index contributed by atoms with van der Waals surface area (Å²) in [5.41, 5.74) is 0.138. The second-order valence-electron chi connectivity index (χ2n) is 8.49. The molecule has 0 amide bonds. The van der Waals surface area contributed by atoms with Crippen LogP contribution in [-0.4, -0.2) is 45.5 Å². The maximum atomic E-state index is 14.3. The predicted octanol–water partition coefficient (Wildman–Crippen LogP) is 3.00. The van der Waals surface area contributed by atoms with Crippen LogP contribution in [0, 0.1) is 17.0 Å². The summed E-state index contributed by atoms with van der Waals surface area (Å²) < 4.78 is 35.2. The molecule has 2 aliphatic rings. The zero-order valence-electron chi connectivity index (χ0n) is 16.9. The lowest BCUT2D eigenvalue weighted by Crippen LogP contribution is -2.43. The molecule has 158 valence electrons. The number of halogens is 2. The molecule has 7 nitrogen and oxygen atoms in total. The van der Waals surface area contributed by atoms with Gasteiger partial charge in [0.25, 0.3) is 5.56 Å². The molecule has 0 aliphatic carbocycles. The van der Waals surface area contributed by atoms with Crippen LogP contribution in [0.2, 0.25) is 0 Å². The minimum atomic E-state index is -1.04. The monoisotopic (exact) mass is 415 g/mol. The van der Waals surface area contributed by atoms with Crippen LogP contribution in [0.1, 0.15) is 26.2 Å². The topological polar surface area (TPSA) is 76.0 Å². The third kappa shape index (κ3) is 2.91. The lowest BCUT2D eigenvalue weighted by Gasteiger charge is -2.39. The zero-order valence-corrected chi connectivity index (χ0v) is 16.9. The van der Waals surface area contributed by atoms with Crippen molar-refractivity contribution in [1.82, 2.24) is 19.7 Å². The number of rotatable bonds is 2. The summed E-state index contributed by atoms with van der Waals surface area (Å²) in [6.07, 6.45) is 3.32. The van der Waals surface area contributed by atoms with E-state index in [1.54, 1.807) is 7.05 Å². The van der Waals surface area contributed by atoms with Crippen LogP contribution in [0.15, 0.2) is 23.0 Å². The second kappa shape index (κ2) is 6.87. The third-order valence-electron chi connectivity index (χ3n) is 6.49. The Hall–Kier alpha value is -2.81. The highest BCUT2D eigenvalue weighted by molar-refractivity contribution is 5.90. The van der Waals surface area contributed by atoms with Gasteiger partial charge in [-0.1, -0.05) is 6.07 Å². The van der Waals surface area contributed by atoms with Crippen molar-refractivity contribution in [3.63, 3.8) is 0 Å². The van der Waals surface area contributed by atoms with Crippen LogP contribution in [0.4, 0.5) is 14.7 Å². The molecule has 2 aliphatic heterocycles. The Balaban J connectivity index is 1.51. The van der Waals surface area contributed by atoms with Crippen LogP contribution in [0.25, 0.3) is 22.3 Å². The quantitative estimate of drug-likeness (QED) is 0.696. The summed E-state index contributed by atoms with van der Waals surface area (Å²) >= 11 is 0. The summed E-state index contributed by atoms with van der Waals surface area (Å²) in [4.78, 5) is 19.8. The first-order valence-electron chi connectivity index (χ1n) is 10.1. The van der Waals surface area contributed by atoms with E-state index in [0.29, 0.717) is 12.1 Å². The Kier molecular flexibility index (Phi) is 4.39. The molecule has 3 aromatic rings. The van der Waals surface area contributed by atoms with Gasteiger partial charge in [-0.15, -0.1) is 0 Å². The van der Waals surface area contributed by atoms with Crippen molar-refractivity contribution in [2.45, 2.75) is 32.3 Å². The highest BCUT2D eigenvalue weighted by Crippen LogP contribution is 2.42. The Morgan fingerprint density at radius 2 is 2.03 bits per heavy atom. The summed E-state index contributed by atoms with van der Waals surface area (Å²) in [5, 5.41) is 6.95. The van der Waals surface area contributed by atoms with Gasteiger partial charge in [0.1, 0.15) is 11.1 Å². The molecule has 2 fully saturated rings. The molecule has 1 spiro atoms. The fourth-order valence-corrected chi connectivity index (χ4v) is 4.79. The largest absolute Gasteiger partial charge is 0.378 e. The van der Waals surface area contributed by atoms with E-state index in [0.717, 1.165) is 45.0 Å². The molecule has 30 heavy (non-hydrogen) atoms. The minimum Gasteiger partial charge on any atom is -0.378 e. The molecular formula is C21H23F2N5O2. The number of nitrogens with zero attached hydrogens (tertiary/aromatic N) is 4. The van der Waals surface area contributed by atoms with Gasteiger partial charge in [-0.3, -0.25) is 14.5 Å². The van der Waals surface area contributed by atoms with Crippen molar-refractivity contribution < 1.29 is 13.5 Å². The Morgan fingerprint density at radius 1 is 1.27 bits per heavy atom. The van der Waals surface area contributed by atoms with Gasteiger partial charge in [0, 0.05) is 25.7 Å². The van der Waals surface area contributed by atoms with Crippen molar-refractivity contribution in [3.05, 3.63) is 40.2 Å². The van der Waals surface area contributed by atoms with Crippen molar-refractivity contribution in [1.29, 1.82) is 0 Å². The summed E-state index contributed by atoms with van der Waals surface area (Å²) in [7, 11) is 1.65. The first-order valence-corrected chi connectivity index (χ1v) is 10.1. The average molecular weight is 415 g/mol. The lowest BCUT2D eigenvalue weighted by atomic mass is 9.77. The van der Waals surface area contributed by atoms with E-state index in [1.165, 1.54) is 16.7 Å². The number of fused-ring (bicyclic) bond motifs is 1. The van der Waals surface area contributed by atoms with E-state index < -0.39 is 11.6 Å².